The Morgan fingerprint density at radius 1 is 0.549 bits per heavy atom. The van der Waals surface area contributed by atoms with Crippen molar-refractivity contribution in [1.82, 2.24) is 0 Å². The van der Waals surface area contributed by atoms with Crippen LogP contribution < -0.4 is 0 Å². The minimum absolute atomic E-state index is 0.116. The van der Waals surface area contributed by atoms with Gasteiger partial charge in [0.05, 0.1) is 30.5 Å². The van der Waals surface area contributed by atoms with Gasteiger partial charge in [-0.05, 0) is 59.3 Å². The second kappa shape index (κ2) is 36.5. The maximum atomic E-state index is 6.44. The summed E-state index contributed by atoms with van der Waals surface area (Å²) >= 11 is 0. The van der Waals surface area contributed by atoms with Gasteiger partial charge < -0.3 is 18.9 Å². The lowest BCUT2D eigenvalue weighted by atomic mass is 9.95. The molecule has 0 saturated heterocycles. The molecule has 0 aliphatic heterocycles. The lowest BCUT2D eigenvalue weighted by molar-refractivity contribution is -0.0715. The number of hydrogen-bond donors (Lipinski definition) is 0. The van der Waals surface area contributed by atoms with Crippen molar-refractivity contribution in [2.24, 2.45) is 4.99 Å². The quantitative estimate of drug-likeness (QED) is 0.0465. The van der Waals surface area contributed by atoms with Crippen LogP contribution in [-0.4, -0.2) is 63.1 Å². The summed E-state index contributed by atoms with van der Waals surface area (Å²) in [4.78, 5) is 4.99. The van der Waals surface area contributed by atoms with Gasteiger partial charge in [0.1, 0.15) is 0 Å². The monoisotopic (exact) mass is 724 g/mol. The third-order valence-corrected chi connectivity index (χ3v) is 11.3. The van der Waals surface area contributed by atoms with Gasteiger partial charge in [-0.2, -0.15) is 0 Å². The number of ether oxygens (including phenoxy) is 4. The average Bonchev–Trinajstić information content (AvgIpc) is 3.13. The van der Waals surface area contributed by atoms with Crippen LogP contribution in [0.25, 0.3) is 0 Å². The normalized spacial score (nSPS) is 15.3. The van der Waals surface area contributed by atoms with E-state index in [4.69, 9.17) is 23.9 Å². The largest absolute Gasteiger partial charge is 0.379 e. The molecule has 0 aliphatic rings. The Morgan fingerprint density at radius 2 is 0.980 bits per heavy atom. The molecule has 51 heavy (non-hydrogen) atoms. The van der Waals surface area contributed by atoms with Crippen molar-refractivity contribution in [2.75, 3.05) is 40.1 Å². The molecule has 0 fully saturated rings. The third kappa shape index (κ3) is 32.6. The van der Waals surface area contributed by atoms with Gasteiger partial charge in [-0.3, -0.25) is 4.99 Å². The molecule has 0 radical (unpaired) electrons. The summed E-state index contributed by atoms with van der Waals surface area (Å²) in [6.07, 6.45) is 37.6. The molecule has 5 nitrogen and oxygen atoms in total. The van der Waals surface area contributed by atoms with E-state index >= 15 is 0 Å². The fourth-order valence-corrected chi connectivity index (χ4v) is 6.88. The first kappa shape index (κ1) is 50.5. The molecule has 0 saturated carbocycles. The Labute approximate surface area is 321 Å². The summed E-state index contributed by atoms with van der Waals surface area (Å²) in [7, 11) is 1.80. The van der Waals surface area contributed by atoms with Gasteiger partial charge in [0.15, 0.2) is 0 Å². The fraction of sp³-hybridized carbons (Fsp3) is 0.978. The van der Waals surface area contributed by atoms with Gasteiger partial charge in [-0.25, -0.2) is 0 Å². The fourth-order valence-electron chi connectivity index (χ4n) is 6.88. The zero-order chi connectivity index (χ0) is 37.7. The van der Waals surface area contributed by atoms with E-state index < -0.39 is 0 Å². The van der Waals surface area contributed by atoms with Crippen molar-refractivity contribution in [3.8, 4) is 0 Å². The molecular weight excluding hydrogens is 631 g/mol. The van der Waals surface area contributed by atoms with Gasteiger partial charge in [-0.15, -0.1) is 0 Å². The Morgan fingerprint density at radius 3 is 1.41 bits per heavy atom. The molecule has 0 N–H and O–H groups in total. The molecule has 3 atom stereocenters. The molecule has 0 spiro atoms. The maximum Gasteiger partial charge on any atom is 0.0826 e. The summed E-state index contributed by atoms with van der Waals surface area (Å²) in [6, 6.07) is 0. The van der Waals surface area contributed by atoms with E-state index in [-0.39, 0.29) is 17.3 Å². The standard InChI is InChI=1S/C46H93NO4/c1-9-13-15-17-19-21-23-25-27-29-31-33-38-49-42-44(50-39-34-32-30-28-26-24-22-20-18-16-14-10-2)35-37-47-43(5)41-46(7,12-4)51-40-36-45(6,11-3)48-8/h44H,9-42H2,1-8H3. The average molecular weight is 724 g/mol. The molecule has 0 heterocycles. The van der Waals surface area contributed by atoms with Gasteiger partial charge >= 0.3 is 0 Å². The molecule has 0 bridgehead atoms. The van der Waals surface area contributed by atoms with Crippen LogP contribution in [0.2, 0.25) is 0 Å². The first-order chi connectivity index (χ1) is 24.8. The van der Waals surface area contributed by atoms with Crippen LogP contribution in [0.15, 0.2) is 4.99 Å². The second-order valence-corrected chi connectivity index (χ2v) is 16.3. The lowest BCUT2D eigenvalue weighted by Crippen LogP contribution is -2.34. The topological polar surface area (TPSA) is 49.3 Å². The van der Waals surface area contributed by atoms with E-state index in [1.807, 2.05) is 0 Å². The van der Waals surface area contributed by atoms with Crippen LogP contribution in [0, 0.1) is 0 Å². The van der Waals surface area contributed by atoms with Crippen LogP contribution in [-0.2, 0) is 18.9 Å². The van der Waals surface area contributed by atoms with Crippen molar-refractivity contribution in [3.63, 3.8) is 0 Å². The van der Waals surface area contributed by atoms with Crippen molar-refractivity contribution in [3.05, 3.63) is 0 Å². The van der Waals surface area contributed by atoms with Crippen LogP contribution in [0.5, 0.6) is 0 Å². The summed E-state index contributed by atoms with van der Waals surface area (Å²) in [5.41, 5.74) is 0.855. The molecule has 0 amide bonds. The van der Waals surface area contributed by atoms with Gasteiger partial charge in [0.25, 0.3) is 0 Å². The Balaban J connectivity index is 4.51. The predicted octanol–water partition coefficient (Wildman–Crippen LogP) is 14.4. The van der Waals surface area contributed by atoms with E-state index in [1.54, 1.807) is 7.11 Å². The number of methoxy groups -OCH3 is 1. The van der Waals surface area contributed by atoms with E-state index in [1.165, 1.54) is 147 Å². The van der Waals surface area contributed by atoms with Crippen molar-refractivity contribution < 1.29 is 18.9 Å². The lowest BCUT2D eigenvalue weighted by Gasteiger charge is -2.32. The summed E-state index contributed by atoms with van der Waals surface area (Å²) in [5, 5.41) is 0. The predicted molar refractivity (Wildman–Crippen MR) is 225 cm³/mol. The highest BCUT2D eigenvalue weighted by molar-refractivity contribution is 5.82. The van der Waals surface area contributed by atoms with E-state index in [0.29, 0.717) is 13.2 Å². The van der Waals surface area contributed by atoms with Crippen molar-refractivity contribution in [2.45, 2.75) is 252 Å². The molecule has 0 rings (SSSR count). The van der Waals surface area contributed by atoms with E-state index in [0.717, 1.165) is 64.7 Å². The molecule has 0 aliphatic carbocycles. The van der Waals surface area contributed by atoms with Crippen LogP contribution in [0.4, 0.5) is 0 Å². The molecule has 0 aromatic carbocycles. The van der Waals surface area contributed by atoms with Gasteiger partial charge in [-0.1, -0.05) is 169 Å². The van der Waals surface area contributed by atoms with Crippen molar-refractivity contribution >= 4 is 5.71 Å². The molecular formula is C46H93NO4. The van der Waals surface area contributed by atoms with Gasteiger partial charge in [0, 0.05) is 39.0 Å². The van der Waals surface area contributed by atoms with Crippen LogP contribution >= 0.6 is 0 Å². The van der Waals surface area contributed by atoms with Crippen molar-refractivity contribution in [1.29, 1.82) is 0 Å². The molecule has 0 aromatic rings. The minimum atomic E-state index is -0.197. The number of aliphatic imine (C=N–C) groups is 1. The first-order valence-corrected chi connectivity index (χ1v) is 22.7. The Kier molecular flexibility index (Phi) is 36.1. The summed E-state index contributed by atoms with van der Waals surface area (Å²) in [5.74, 6) is 0. The smallest absolute Gasteiger partial charge is 0.0826 e. The number of nitrogens with zero attached hydrogens (tertiary/aromatic N) is 1. The highest BCUT2D eigenvalue weighted by atomic mass is 16.5. The third-order valence-electron chi connectivity index (χ3n) is 11.3. The number of rotatable bonds is 41. The maximum absolute atomic E-state index is 6.44. The molecule has 5 heteroatoms. The highest BCUT2D eigenvalue weighted by Crippen LogP contribution is 2.25. The zero-order valence-electron chi connectivity index (χ0n) is 36.2. The summed E-state index contributed by atoms with van der Waals surface area (Å²) in [6.45, 7) is 19.4. The Bertz CT molecular complexity index is 739. The zero-order valence-corrected chi connectivity index (χ0v) is 36.2. The molecule has 3 unspecified atom stereocenters. The number of hydrogen-bond acceptors (Lipinski definition) is 5. The van der Waals surface area contributed by atoms with Crippen LogP contribution in [0.1, 0.15) is 235 Å². The van der Waals surface area contributed by atoms with E-state index in [9.17, 15) is 0 Å². The number of unbranched alkanes of at least 4 members (excludes halogenated alkanes) is 22. The molecule has 306 valence electrons. The first-order valence-electron chi connectivity index (χ1n) is 22.7. The highest BCUT2D eigenvalue weighted by Gasteiger charge is 2.27. The summed E-state index contributed by atoms with van der Waals surface area (Å²) < 4.78 is 24.8. The van der Waals surface area contributed by atoms with Crippen LogP contribution in [0.3, 0.4) is 0 Å². The second-order valence-electron chi connectivity index (χ2n) is 16.3. The minimum Gasteiger partial charge on any atom is -0.379 e. The molecule has 0 aromatic heterocycles. The SMILES string of the molecule is CCCCCCCCCCCCCCOCC(CCN=C(C)CC(C)(CC)OCCC(C)(CC)OC)OCCCCCCCCCCCCCC. The Hall–Kier alpha value is -0.490. The van der Waals surface area contributed by atoms with Gasteiger partial charge in [0.2, 0.25) is 0 Å². The van der Waals surface area contributed by atoms with E-state index in [2.05, 4.69) is 48.5 Å².